The first kappa shape index (κ1) is 14.9. The molecule has 0 unspecified atom stereocenters. The second-order valence-corrected chi connectivity index (χ2v) is 4.41. The molecule has 0 heterocycles. The van der Waals surface area contributed by atoms with E-state index >= 15 is 0 Å². The number of nitrogens with zero attached hydrogens (tertiary/aromatic N) is 1. The molecule has 0 aliphatic carbocycles. The van der Waals surface area contributed by atoms with Crippen LogP contribution in [-0.2, 0) is 4.84 Å². The molecule has 21 heavy (non-hydrogen) atoms. The molecule has 0 amide bonds. The molecule has 0 fully saturated rings. The topological polar surface area (TPSA) is 40.0 Å². The molecule has 0 aliphatic rings. The summed E-state index contributed by atoms with van der Waals surface area (Å²) in [6.07, 6.45) is 1.58. The fourth-order valence-corrected chi connectivity index (χ4v) is 1.71. The zero-order valence-electron chi connectivity index (χ0n) is 12.3. The van der Waals surface area contributed by atoms with Gasteiger partial charge in [-0.25, -0.2) is 0 Å². The van der Waals surface area contributed by atoms with Crippen LogP contribution in [0.5, 0.6) is 17.2 Å². The molecule has 0 spiro atoms. The summed E-state index contributed by atoms with van der Waals surface area (Å²) in [5.41, 5.74) is 1.17. The molecule has 0 bridgehead atoms. The van der Waals surface area contributed by atoms with E-state index in [0.29, 0.717) is 13.2 Å². The molecule has 2 aromatic carbocycles. The summed E-state index contributed by atoms with van der Waals surface area (Å²) in [6, 6.07) is 15.4. The van der Waals surface area contributed by atoms with E-state index in [2.05, 4.69) is 5.16 Å². The summed E-state index contributed by atoms with van der Waals surface area (Å²) in [4.78, 5) is 4.84. The van der Waals surface area contributed by atoms with Gasteiger partial charge in [0.05, 0.1) is 6.21 Å². The van der Waals surface area contributed by atoms with Gasteiger partial charge in [0.1, 0.15) is 30.5 Å². The number of hydrogen-bond donors (Lipinski definition) is 0. The van der Waals surface area contributed by atoms with Gasteiger partial charge < -0.3 is 14.3 Å². The summed E-state index contributed by atoms with van der Waals surface area (Å²) in [6.45, 7) is 4.85. The van der Waals surface area contributed by atoms with Crippen molar-refractivity contribution in [2.45, 2.75) is 13.8 Å². The van der Waals surface area contributed by atoms with Gasteiger partial charge in [-0.05, 0) is 55.8 Å². The minimum atomic E-state index is 0.373. The fourth-order valence-electron chi connectivity index (χ4n) is 1.71. The minimum absolute atomic E-state index is 0.373. The summed E-state index contributed by atoms with van der Waals surface area (Å²) in [5.74, 6) is 2.36. The second kappa shape index (κ2) is 7.94. The molecule has 4 nitrogen and oxygen atoms in total. The molecule has 0 aromatic heterocycles. The third-order valence-corrected chi connectivity index (χ3v) is 2.65. The van der Waals surface area contributed by atoms with Gasteiger partial charge in [-0.3, -0.25) is 0 Å². The van der Waals surface area contributed by atoms with Gasteiger partial charge in [-0.15, -0.1) is 0 Å². The Morgan fingerprint density at radius 2 is 1.76 bits per heavy atom. The Bertz CT molecular complexity index is 579. The van der Waals surface area contributed by atoms with E-state index in [-0.39, 0.29) is 0 Å². The van der Waals surface area contributed by atoms with E-state index in [9.17, 15) is 0 Å². The van der Waals surface area contributed by atoms with Crippen molar-refractivity contribution in [1.29, 1.82) is 0 Å². The van der Waals surface area contributed by atoms with E-state index in [4.69, 9.17) is 14.3 Å². The lowest BCUT2D eigenvalue weighted by molar-refractivity contribution is 0.158. The highest BCUT2D eigenvalue weighted by molar-refractivity contribution is 5.58. The SMILES string of the molecule is CCO/N=C/COc1ccc(Oc2cccc(C)c2)cc1. The highest BCUT2D eigenvalue weighted by atomic mass is 16.6. The lowest BCUT2D eigenvalue weighted by Gasteiger charge is -2.07. The van der Waals surface area contributed by atoms with E-state index < -0.39 is 0 Å². The maximum Gasteiger partial charge on any atom is 0.127 e. The van der Waals surface area contributed by atoms with Crippen LogP contribution in [0, 0.1) is 6.92 Å². The smallest absolute Gasteiger partial charge is 0.127 e. The molecule has 0 radical (unpaired) electrons. The van der Waals surface area contributed by atoms with Crippen LogP contribution in [0.1, 0.15) is 12.5 Å². The molecule has 2 rings (SSSR count). The van der Waals surface area contributed by atoms with Crippen molar-refractivity contribution in [2.24, 2.45) is 5.16 Å². The Hall–Kier alpha value is -2.49. The standard InChI is InChI=1S/C17H19NO3/c1-3-20-18-11-12-19-15-7-9-16(10-8-15)21-17-6-4-5-14(2)13-17/h4-11,13H,3,12H2,1-2H3/b18-11+. The van der Waals surface area contributed by atoms with Crippen molar-refractivity contribution in [3.05, 3.63) is 54.1 Å². The number of oxime groups is 1. The van der Waals surface area contributed by atoms with E-state index in [0.717, 1.165) is 17.2 Å². The highest BCUT2D eigenvalue weighted by Gasteiger charge is 1.98. The van der Waals surface area contributed by atoms with Crippen LogP contribution < -0.4 is 9.47 Å². The summed E-state index contributed by atoms with van der Waals surface area (Å²) in [7, 11) is 0. The van der Waals surface area contributed by atoms with Crippen LogP contribution in [0.3, 0.4) is 0 Å². The first-order valence-corrected chi connectivity index (χ1v) is 6.89. The quantitative estimate of drug-likeness (QED) is 0.565. The summed E-state index contributed by atoms with van der Waals surface area (Å²) >= 11 is 0. The first-order chi connectivity index (χ1) is 10.3. The van der Waals surface area contributed by atoms with Gasteiger partial charge >= 0.3 is 0 Å². The van der Waals surface area contributed by atoms with Crippen LogP contribution in [0.4, 0.5) is 0 Å². The van der Waals surface area contributed by atoms with E-state index in [1.54, 1.807) is 6.21 Å². The predicted octanol–water partition coefficient (Wildman–Crippen LogP) is 4.19. The number of aryl methyl sites for hydroxylation is 1. The van der Waals surface area contributed by atoms with Gasteiger partial charge in [-0.2, -0.15) is 0 Å². The lowest BCUT2D eigenvalue weighted by Crippen LogP contribution is -1.98. The van der Waals surface area contributed by atoms with Crippen molar-refractivity contribution in [1.82, 2.24) is 0 Å². The Kier molecular flexibility index (Phi) is 5.64. The number of ether oxygens (including phenoxy) is 2. The molecule has 110 valence electrons. The average Bonchev–Trinajstić information content (AvgIpc) is 2.49. The van der Waals surface area contributed by atoms with Gasteiger partial charge in [0, 0.05) is 0 Å². The second-order valence-electron chi connectivity index (χ2n) is 4.41. The number of hydrogen-bond acceptors (Lipinski definition) is 4. The lowest BCUT2D eigenvalue weighted by atomic mass is 10.2. The molecular weight excluding hydrogens is 266 g/mol. The van der Waals surface area contributed by atoms with Crippen LogP contribution >= 0.6 is 0 Å². The monoisotopic (exact) mass is 285 g/mol. The Morgan fingerprint density at radius 3 is 2.48 bits per heavy atom. The van der Waals surface area contributed by atoms with E-state index in [1.807, 2.05) is 62.4 Å². The highest BCUT2D eigenvalue weighted by Crippen LogP contribution is 2.24. The maximum absolute atomic E-state index is 5.77. The van der Waals surface area contributed by atoms with E-state index in [1.165, 1.54) is 5.56 Å². The van der Waals surface area contributed by atoms with Crippen LogP contribution in [-0.4, -0.2) is 19.4 Å². The maximum atomic E-state index is 5.77. The molecule has 0 N–H and O–H groups in total. The minimum Gasteiger partial charge on any atom is -0.488 e. The summed E-state index contributed by atoms with van der Waals surface area (Å²) < 4.78 is 11.3. The van der Waals surface area contributed by atoms with Gasteiger partial charge in [0.2, 0.25) is 0 Å². The molecule has 4 heteroatoms. The Labute approximate surface area is 125 Å². The predicted molar refractivity (Wildman–Crippen MR) is 83.3 cm³/mol. The Balaban J connectivity index is 1.87. The Morgan fingerprint density at radius 1 is 1.00 bits per heavy atom. The van der Waals surface area contributed by atoms with Crippen molar-refractivity contribution < 1.29 is 14.3 Å². The molecule has 0 saturated heterocycles. The van der Waals surface area contributed by atoms with Gasteiger partial charge in [-0.1, -0.05) is 17.3 Å². The first-order valence-electron chi connectivity index (χ1n) is 6.89. The zero-order chi connectivity index (χ0) is 14.9. The molecule has 2 aromatic rings. The number of rotatable bonds is 7. The van der Waals surface area contributed by atoms with Crippen molar-refractivity contribution >= 4 is 6.21 Å². The average molecular weight is 285 g/mol. The van der Waals surface area contributed by atoms with Crippen LogP contribution in [0.2, 0.25) is 0 Å². The third kappa shape index (κ3) is 5.18. The zero-order valence-corrected chi connectivity index (χ0v) is 12.3. The fraction of sp³-hybridized carbons (Fsp3) is 0.235. The largest absolute Gasteiger partial charge is 0.488 e. The molecule has 0 saturated carbocycles. The van der Waals surface area contributed by atoms with Gasteiger partial charge in [0.15, 0.2) is 0 Å². The molecular formula is C17H19NO3. The van der Waals surface area contributed by atoms with Crippen molar-refractivity contribution in [2.75, 3.05) is 13.2 Å². The van der Waals surface area contributed by atoms with Crippen LogP contribution in [0.25, 0.3) is 0 Å². The molecule has 0 aliphatic heterocycles. The van der Waals surface area contributed by atoms with Crippen molar-refractivity contribution in [3.63, 3.8) is 0 Å². The van der Waals surface area contributed by atoms with Crippen molar-refractivity contribution in [3.8, 4) is 17.2 Å². The van der Waals surface area contributed by atoms with Gasteiger partial charge in [0.25, 0.3) is 0 Å². The third-order valence-electron chi connectivity index (χ3n) is 2.65. The number of benzene rings is 2. The van der Waals surface area contributed by atoms with Crippen LogP contribution in [0.15, 0.2) is 53.7 Å². The molecule has 0 atom stereocenters. The normalized spacial score (nSPS) is 10.6. The summed E-state index contributed by atoms with van der Waals surface area (Å²) in [5, 5.41) is 3.71.